The largest absolute Gasteiger partial charge is 0.330 e. The van der Waals surface area contributed by atoms with Crippen molar-refractivity contribution in [2.75, 3.05) is 18.0 Å². The summed E-state index contributed by atoms with van der Waals surface area (Å²) in [6, 6.07) is 8.16. The number of hydrogen-bond acceptors (Lipinski definition) is 2. The normalized spacial score (nSPS) is 15.1. The number of carbonyl (C=O) groups excluding carboxylic acids is 1. The minimum absolute atomic E-state index is 0.253. The standard InChI is InChI=1S/C16H24N2O/c1-13-5-2-8-15(11-13)18(10-4-9-17)16(19)12-14-6-3-7-14/h2,5,8,11,14H,3-4,6-7,9-10,12,17H2,1H3. The van der Waals surface area contributed by atoms with Crippen molar-refractivity contribution in [1.29, 1.82) is 0 Å². The molecule has 1 aromatic rings. The molecule has 1 saturated carbocycles. The van der Waals surface area contributed by atoms with E-state index in [2.05, 4.69) is 19.1 Å². The summed E-state index contributed by atoms with van der Waals surface area (Å²) in [5, 5.41) is 0. The Morgan fingerprint density at radius 3 is 2.79 bits per heavy atom. The first-order chi connectivity index (χ1) is 9.20. The maximum atomic E-state index is 12.4. The summed E-state index contributed by atoms with van der Waals surface area (Å²) >= 11 is 0. The Morgan fingerprint density at radius 1 is 1.42 bits per heavy atom. The first kappa shape index (κ1) is 14.1. The third kappa shape index (κ3) is 3.80. The van der Waals surface area contributed by atoms with Gasteiger partial charge in [0.25, 0.3) is 0 Å². The molecule has 104 valence electrons. The third-order valence-electron chi connectivity index (χ3n) is 3.89. The molecule has 19 heavy (non-hydrogen) atoms. The summed E-state index contributed by atoms with van der Waals surface area (Å²) in [5.74, 6) is 0.862. The van der Waals surface area contributed by atoms with Crippen LogP contribution in [0.5, 0.6) is 0 Å². The van der Waals surface area contributed by atoms with Gasteiger partial charge in [0.15, 0.2) is 0 Å². The summed E-state index contributed by atoms with van der Waals surface area (Å²) in [6.45, 7) is 3.41. The second kappa shape index (κ2) is 6.71. The quantitative estimate of drug-likeness (QED) is 0.855. The second-order valence-electron chi connectivity index (χ2n) is 5.53. The molecule has 2 rings (SSSR count). The van der Waals surface area contributed by atoms with Crippen molar-refractivity contribution in [3.05, 3.63) is 29.8 Å². The molecule has 1 aliphatic carbocycles. The first-order valence-electron chi connectivity index (χ1n) is 7.28. The Kier molecular flexibility index (Phi) is 4.97. The molecule has 0 bridgehead atoms. The van der Waals surface area contributed by atoms with Gasteiger partial charge in [0.05, 0.1) is 0 Å². The van der Waals surface area contributed by atoms with Gasteiger partial charge in [0, 0.05) is 18.7 Å². The maximum absolute atomic E-state index is 12.4. The smallest absolute Gasteiger partial charge is 0.227 e. The highest BCUT2D eigenvalue weighted by Crippen LogP contribution is 2.30. The van der Waals surface area contributed by atoms with Crippen LogP contribution in [0.15, 0.2) is 24.3 Å². The number of aryl methyl sites for hydroxylation is 1. The lowest BCUT2D eigenvalue weighted by Gasteiger charge is -2.29. The van der Waals surface area contributed by atoms with Crippen LogP contribution in [-0.2, 0) is 4.79 Å². The molecule has 0 radical (unpaired) electrons. The zero-order valence-corrected chi connectivity index (χ0v) is 11.8. The van der Waals surface area contributed by atoms with Gasteiger partial charge in [-0.3, -0.25) is 4.79 Å². The molecule has 0 atom stereocenters. The van der Waals surface area contributed by atoms with Gasteiger partial charge in [-0.05, 0) is 56.3 Å². The van der Waals surface area contributed by atoms with Gasteiger partial charge in [0.2, 0.25) is 5.91 Å². The minimum atomic E-state index is 0.253. The first-order valence-corrected chi connectivity index (χ1v) is 7.28. The number of anilines is 1. The van der Waals surface area contributed by atoms with Gasteiger partial charge in [-0.1, -0.05) is 18.6 Å². The zero-order chi connectivity index (χ0) is 13.7. The SMILES string of the molecule is Cc1cccc(N(CCCN)C(=O)CC2CCC2)c1. The van der Waals surface area contributed by atoms with E-state index >= 15 is 0 Å². The Labute approximate surface area is 115 Å². The molecule has 1 aromatic carbocycles. The molecule has 1 amide bonds. The lowest BCUT2D eigenvalue weighted by atomic mass is 9.82. The number of rotatable bonds is 6. The topological polar surface area (TPSA) is 46.3 Å². The van der Waals surface area contributed by atoms with E-state index in [1.54, 1.807) is 0 Å². The average molecular weight is 260 g/mol. The third-order valence-corrected chi connectivity index (χ3v) is 3.89. The van der Waals surface area contributed by atoms with Crippen LogP contribution in [0.4, 0.5) is 5.69 Å². The summed E-state index contributed by atoms with van der Waals surface area (Å²) in [6.07, 6.45) is 5.25. The highest BCUT2D eigenvalue weighted by Gasteiger charge is 2.24. The number of amides is 1. The molecule has 1 fully saturated rings. The molecular weight excluding hydrogens is 236 g/mol. The second-order valence-corrected chi connectivity index (χ2v) is 5.53. The van der Waals surface area contributed by atoms with Crippen molar-refractivity contribution < 1.29 is 4.79 Å². The molecule has 0 heterocycles. The van der Waals surface area contributed by atoms with Gasteiger partial charge in [0.1, 0.15) is 0 Å². The van der Waals surface area contributed by atoms with Crippen LogP contribution in [0.3, 0.4) is 0 Å². The van der Waals surface area contributed by atoms with Crippen molar-refractivity contribution in [2.45, 2.75) is 39.0 Å². The van der Waals surface area contributed by atoms with E-state index in [0.29, 0.717) is 18.9 Å². The van der Waals surface area contributed by atoms with Crippen LogP contribution < -0.4 is 10.6 Å². The minimum Gasteiger partial charge on any atom is -0.330 e. The van der Waals surface area contributed by atoms with Crippen molar-refractivity contribution in [3.63, 3.8) is 0 Å². The molecule has 0 saturated heterocycles. The monoisotopic (exact) mass is 260 g/mol. The molecule has 0 spiro atoms. The molecule has 3 heteroatoms. The molecular formula is C16H24N2O. The lowest BCUT2D eigenvalue weighted by molar-refractivity contribution is -0.120. The van der Waals surface area contributed by atoms with Crippen LogP contribution in [0, 0.1) is 12.8 Å². The predicted molar refractivity (Wildman–Crippen MR) is 79.2 cm³/mol. The highest BCUT2D eigenvalue weighted by molar-refractivity contribution is 5.93. The summed E-state index contributed by atoms with van der Waals surface area (Å²) in [4.78, 5) is 14.4. The molecule has 0 aromatic heterocycles. The van der Waals surface area contributed by atoms with E-state index in [4.69, 9.17) is 5.73 Å². The van der Waals surface area contributed by atoms with Gasteiger partial charge in [-0.25, -0.2) is 0 Å². The van der Waals surface area contributed by atoms with Crippen molar-refractivity contribution in [1.82, 2.24) is 0 Å². The van der Waals surface area contributed by atoms with Gasteiger partial charge in [-0.15, -0.1) is 0 Å². The molecule has 2 N–H and O–H groups in total. The van der Waals surface area contributed by atoms with Gasteiger partial charge >= 0.3 is 0 Å². The Balaban J connectivity index is 2.07. The van der Waals surface area contributed by atoms with E-state index in [1.165, 1.54) is 24.8 Å². The Morgan fingerprint density at radius 2 is 2.21 bits per heavy atom. The zero-order valence-electron chi connectivity index (χ0n) is 11.8. The van der Waals surface area contributed by atoms with Gasteiger partial charge in [-0.2, -0.15) is 0 Å². The van der Waals surface area contributed by atoms with Crippen molar-refractivity contribution in [3.8, 4) is 0 Å². The average Bonchev–Trinajstić information content (AvgIpc) is 2.34. The Hall–Kier alpha value is -1.35. The Bertz CT molecular complexity index is 427. The number of benzene rings is 1. The highest BCUT2D eigenvalue weighted by atomic mass is 16.2. The fourth-order valence-electron chi connectivity index (χ4n) is 2.50. The van der Waals surface area contributed by atoms with E-state index < -0.39 is 0 Å². The lowest BCUT2D eigenvalue weighted by Crippen LogP contribution is -2.35. The number of nitrogens with zero attached hydrogens (tertiary/aromatic N) is 1. The number of hydrogen-bond donors (Lipinski definition) is 1. The maximum Gasteiger partial charge on any atom is 0.227 e. The molecule has 1 aliphatic rings. The van der Waals surface area contributed by atoms with Gasteiger partial charge < -0.3 is 10.6 Å². The van der Waals surface area contributed by atoms with Crippen LogP contribution in [-0.4, -0.2) is 19.0 Å². The van der Waals surface area contributed by atoms with Crippen LogP contribution >= 0.6 is 0 Å². The van der Waals surface area contributed by atoms with E-state index in [-0.39, 0.29) is 5.91 Å². The van der Waals surface area contributed by atoms with E-state index in [1.807, 2.05) is 17.0 Å². The number of carbonyl (C=O) groups is 1. The fourth-order valence-corrected chi connectivity index (χ4v) is 2.50. The molecule has 3 nitrogen and oxygen atoms in total. The summed E-state index contributed by atoms with van der Waals surface area (Å²) in [5.41, 5.74) is 7.78. The molecule has 0 unspecified atom stereocenters. The van der Waals surface area contributed by atoms with Crippen LogP contribution in [0.25, 0.3) is 0 Å². The summed E-state index contributed by atoms with van der Waals surface area (Å²) < 4.78 is 0. The van der Waals surface area contributed by atoms with Crippen molar-refractivity contribution in [2.24, 2.45) is 11.7 Å². The fraction of sp³-hybridized carbons (Fsp3) is 0.562. The van der Waals surface area contributed by atoms with E-state index in [9.17, 15) is 4.79 Å². The van der Waals surface area contributed by atoms with Crippen LogP contribution in [0.1, 0.15) is 37.7 Å². The van der Waals surface area contributed by atoms with Crippen LogP contribution in [0.2, 0.25) is 0 Å². The van der Waals surface area contributed by atoms with E-state index in [0.717, 1.165) is 18.7 Å². The summed E-state index contributed by atoms with van der Waals surface area (Å²) in [7, 11) is 0. The number of nitrogens with two attached hydrogens (primary N) is 1. The van der Waals surface area contributed by atoms with Crippen molar-refractivity contribution >= 4 is 11.6 Å². The predicted octanol–water partition coefficient (Wildman–Crippen LogP) is 2.87. The molecule has 0 aliphatic heterocycles.